The average Bonchev–Trinajstić information content (AvgIpc) is 1.60. The van der Waals surface area contributed by atoms with Crippen molar-refractivity contribution in [1.29, 1.82) is 0 Å². The molecule has 4 N–H and O–H groups in total. The zero-order chi connectivity index (χ0) is 8.36. The summed E-state index contributed by atoms with van der Waals surface area (Å²) in [6.07, 6.45) is -0.759. The quantitative estimate of drug-likeness (QED) is 0.472. The second kappa shape index (κ2) is 3.25. The van der Waals surface area contributed by atoms with Crippen molar-refractivity contribution in [3.05, 3.63) is 0 Å². The Morgan fingerprint density at radius 3 is 2.20 bits per heavy atom. The molecule has 6 heteroatoms. The first kappa shape index (κ1) is 9.78. The van der Waals surface area contributed by atoms with Crippen LogP contribution in [0.2, 0.25) is 0 Å². The van der Waals surface area contributed by atoms with Crippen LogP contribution in [0.25, 0.3) is 0 Å². The summed E-state index contributed by atoms with van der Waals surface area (Å²) in [6, 6.07) is -0.798. The lowest BCUT2D eigenvalue weighted by Gasteiger charge is -2.04. The van der Waals surface area contributed by atoms with Crippen LogP contribution < -0.4 is 5.73 Å². The number of Topliss-reactive ketones (excluding diaryl/α,β-unsaturated/α-hetero) is 1. The van der Waals surface area contributed by atoms with E-state index in [2.05, 4.69) is 0 Å². The van der Waals surface area contributed by atoms with Gasteiger partial charge in [0.25, 0.3) is 0 Å². The number of hydrogen-bond donors (Lipinski definition) is 3. The van der Waals surface area contributed by atoms with Gasteiger partial charge in [0.2, 0.25) is 0 Å². The van der Waals surface area contributed by atoms with Gasteiger partial charge in [-0.3, -0.25) is 9.36 Å². The van der Waals surface area contributed by atoms with Crippen molar-refractivity contribution in [1.82, 2.24) is 0 Å². The van der Waals surface area contributed by atoms with E-state index in [4.69, 9.17) is 15.5 Å². The molecule has 0 fully saturated rings. The molecule has 0 rings (SSSR count). The number of carbonyl (C=O) groups excluding carboxylic acids is 1. The van der Waals surface area contributed by atoms with E-state index in [1.165, 1.54) is 6.92 Å². The number of nitrogens with two attached hydrogens (primary N) is 1. The Hall–Kier alpha value is -0.220. The molecular formula is C4H10NO4P. The molecule has 0 aromatic rings. The van der Waals surface area contributed by atoms with Gasteiger partial charge in [-0.15, -0.1) is 0 Å². The van der Waals surface area contributed by atoms with Crippen LogP contribution in [0.15, 0.2) is 0 Å². The van der Waals surface area contributed by atoms with Crippen LogP contribution in [0.4, 0.5) is 0 Å². The summed E-state index contributed by atoms with van der Waals surface area (Å²) in [4.78, 5) is 27.1. The maximum absolute atomic E-state index is 10.5. The third-order valence-electron chi connectivity index (χ3n) is 0.870. The Labute approximate surface area is 58.4 Å². The van der Waals surface area contributed by atoms with Crippen LogP contribution in [0.5, 0.6) is 0 Å². The molecule has 0 unspecified atom stereocenters. The summed E-state index contributed by atoms with van der Waals surface area (Å²) in [7, 11) is -4.21. The average molecular weight is 167 g/mol. The monoisotopic (exact) mass is 167 g/mol. The Kier molecular flexibility index (Phi) is 3.18. The summed E-state index contributed by atoms with van der Waals surface area (Å²) in [5.41, 5.74) is 5.05. The van der Waals surface area contributed by atoms with E-state index >= 15 is 0 Å². The lowest BCUT2D eigenvalue weighted by atomic mass is 10.3. The standard InChI is InChI=1S/C4H10NO4P/c1-3(5)4(6)2-10(7,8)9/h3H,2,5H2,1H3,(H2,7,8,9)/t3-/m1/s1. The van der Waals surface area contributed by atoms with E-state index in [1.54, 1.807) is 0 Å². The number of ketones is 1. The molecule has 0 aliphatic rings. The smallest absolute Gasteiger partial charge is 0.324 e. The van der Waals surface area contributed by atoms with Gasteiger partial charge in [-0.1, -0.05) is 0 Å². The molecule has 0 aliphatic carbocycles. The third kappa shape index (κ3) is 4.64. The van der Waals surface area contributed by atoms with E-state index in [0.29, 0.717) is 0 Å². The number of rotatable bonds is 3. The van der Waals surface area contributed by atoms with Gasteiger partial charge in [0.1, 0.15) is 6.16 Å². The van der Waals surface area contributed by atoms with Gasteiger partial charge in [-0.2, -0.15) is 0 Å². The van der Waals surface area contributed by atoms with Crippen molar-refractivity contribution in [3.63, 3.8) is 0 Å². The lowest BCUT2D eigenvalue weighted by molar-refractivity contribution is -0.117. The van der Waals surface area contributed by atoms with Gasteiger partial charge in [-0.25, -0.2) is 0 Å². The molecule has 0 amide bonds. The fraction of sp³-hybridized carbons (Fsp3) is 0.750. The summed E-state index contributed by atoms with van der Waals surface area (Å²) in [6.45, 7) is 1.39. The molecular weight excluding hydrogens is 157 g/mol. The van der Waals surface area contributed by atoms with Crippen molar-refractivity contribution in [2.75, 3.05) is 6.16 Å². The second-order valence-corrected chi connectivity index (χ2v) is 3.72. The Morgan fingerprint density at radius 1 is 1.70 bits per heavy atom. The minimum Gasteiger partial charge on any atom is -0.324 e. The summed E-state index contributed by atoms with van der Waals surface area (Å²) >= 11 is 0. The normalized spacial score (nSPS) is 14.8. The van der Waals surface area contributed by atoms with E-state index < -0.39 is 25.6 Å². The minimum absolute atomic E-state index is 0.617. The second-order valence-electron chi connectivity index (χ2n) is 2.08. The predicted molar refractivity (Wildman–Crippen MR) is 35.6 cm³/mol. The highest BCUT2D eigenvalue weighted by atomic mass is 31.2. The van der Waals surface area contributed by atoms with Crippen molar-refractivity contribution in [3.8, 4) is 0 Å². The maximum atomic E-state index is 10.5. The zero-order valence-electron chi connectivity index (χ0n) is 5.52. The van der Waals surface area contributed by atoms with Gasteiger partial charge in [0.15, 0.2) is 5.78 Å². The molecule has 0 aromatic heterocycles. The molecule has 0 saturated heterocycles. The third-order valence-corrected chi connectivity index (χ3v) is 1.59. The fourth-order valence-corrected chi connectivity index (χ4v) is 1.04. The van der Waals surface area contributed by atoms with Gasteiger partial charge in [0.05, 0.1) is 6.04 Å². The number of hydrogen-bond acceptors (Lipinski definition) is 3. The Bertz CT molecular complexity index is 172. The van der Waals surface area contributed by atoms with Crippen molar-refractivity contribution >= 4 is 13.4 Å². The van der Waals surface area contributed by atoms with Crippen molar-refractivity contribution < 1.29 is 19.1 Å². The highest BCUT2D eigenvalue weighted by Gasteiger charge is 2.20. The molecule has 0 aliphatic heterocycles. The predicted octanol–water partition coefficient (Wildman–Crippen LogP) is -0.920. The molecule has 5 nitrogen and oxygen atoms in total. The molecule has 0 radical (unpaired) electrons. The molecule has 60 valence electrons. The van der Waals surface area contributed by atoms with Gasteiger partial charge in [-0.05, 0) is 6.92 Å². The van der Waals surface area contributed by atoms with Crippen LogP contribution in [-0.4, -0.2) is 27.8 Å². The van der Waals surface area contributed by atoms with Gasteiger partial charge < -0.3 is 15.5 Å². The SMILES string of the molecule is C[C@@H](N)C(=O)CP(=O)(O)O. The van der Waals surface area contributed by atoms with E-state index in [9.17, 15) is 9.36 Å². The fourth-order valence-electron chi connectivity index (χ4n) is 0.347. The molecule has 0 aromatic carbocycles. The zero-order valence-corrected chi connectivity index (χ0v) is 6.41. The maximum Gasteiger partial charge on any atom is 0.332 e. The Balaban J connectivity index is 3.94. The van der Waals surface area contributed by atoms with Crippen LogP contribution in [0.1, 0.15) is 6.92 Å². The molecule has 0 heterocycles. The van der Waals surface area contributed by atoms with Crippen LogP contribution in [-0.2, 0) is 9.36 Å². The van der Waals surface area contributed by atoms with Crippen LogP contribution in [0, 0.1) is 0 Å². The van der Waals surface area contributed by atoms with Gasteiger partial charge in [0, 0.05) is 0 Å². The molecule has 0 saturated carbocycles. The topological polar surface area (TPSA) is 101 Å². The summed E-state index contributed by atoms with van der Waals surface area (Å²) in [5, 5.41) is 0. The molecule has 0 bridgehead atoms. The molecule has 0 spiro atoms. The van der Waals surface area contributed by atoms with E-state index in [1.807, 2.05) is 0 Å². The summed E-state index contributed by atoms with van der Waals surface area (Å²) < 4.78 is 10.2. The first-order valence-corrected chi connectivity index (χ1v) is 4.45. The van der Waals surface area contributed by atoms with E-state index in [0.717, 1.165) is 0 Å². The largest absolute Gasteiger partial charge is 0.332 e. The van der Waals surface area contributed by atoms with Crippen molar-refractivity contribution in [2.24, 2.45) is 5.73 Å². The van der Waals surface area contributed by atoms with Crippen molar-refractivity contribution in [2.45, 2.75) is 13.0 Å². The van der Waals surface area contributed by atoms with Crippen LogP contribution >= 0.6 is 7.60 Å². The molecule has 10 heavy (non-hydrogen) atoms. The van der Waals surface area contributed by atoms with Gasteiger partial charge >= 0.3 is 7.60 Å². The van der Waals surface area contributed by atoms with E-state index in [-0.39, 0.29) is 0 Å². The highest BCUT2D eigenvalue weighted by molar-refractivity contribution is 7.52. The molecule has 1 atom stereocenters. The van der Waals surface area contributed by atoms with Crippen LogP contribution in [0.3, 0.4) is 0 Å². The lowest BCUT2D eigenvalue weighted by Crippen LogP contribution is -2.29. The first-order chi connectivity index (χ1) is 4.33. The number of carbonyl (C=O) groups is 1. The minimum atomic E-state index is -4.21. The highest BCUT2D eigenvalue weighted by Crippen LogP contribution is 2.33. The first-order valence-electron chi connectivity index (χ1n) is 2.66. The Morgan fingerprint density at radius 2 is 2.10 bits per heavy atom. The summed E-state index contributed by atoms with van der Waals surface area (Å²) in [5.74, 6) is -0.617.